The molecule has 1 saturated heterocycles. The van der Waals surface area contributed by atoms with Gasteiger partial charge < -0.3 is 10.6 Å². The maximum Gasteiger partial charge on any atom is 0.273 e. The summed E-state index contributed by atoms with van der Waals surface area (Å²) >= 11 is 0. The normalized spacial score (nSPS) is 17.0. The Morgan fingerprint density at radius 2 is 2.11 bits per heavy atom. The molecule has 10 heteroatoms. The number of carbonyl (C=O) groups excluding carboxylic acids is 1. The van der Waals surface area contributed by atoms with E-state index in [0.717, 1.165) is 31.7 Å². The fourth-order valence-electron chi connectivity index (χ4n) is 3.17. The van der Waals surface area contributed by atoms with Crippen molar-refractivity contribution < 1.29 is 4.79 Å². The molecule has 140 valence electrons. The lowest BCUT2D eigenvalue weighted by atomic mass is 10.00. The first kappa shape index (κ1) is 17.3. The Hall–Kier alpha value is -3.14. The summed E-state index contributed by atoms with van der Waals surface area (Å²) in [5, 5.41) is 25.9. The smallest absolute Gasteiger partial charge is 0.273 e. The first-order valence-electron chi connectivity index (χ1n) is 9.01. The average Bonchev–Trinajstić information content (AvgIpc) is 3.37. The van der Waals surface area contributed by atoms with Crippen LogP contribution in [0.3, 0.4) is 0 Å². The molecule has 1 unspecified atom stereocenters. The van der Waals surface area contributed by atoms with Gasteiger partial charge in [-0.05, 0) is 54.4 Å². The zero-order valence-electron chi connectivity index (χ0n) is 14.8. The number of nitrogens with zero attached hydrogens (tertiary/aromatic N) is 7. The molecule has 1 aliphatic heterocycles. The molecular formula is C17H21N9O. The van der Waals surface area contributed by atoms with Crippen LogP contribution in [-0.2, 0) is 13.1 Å². The molecular weight excluding hydrogens is 346 g/mol. The summed E-state index contributed by atoms with van der Waals surface area (Å²) in [5.74, 6) is 0.757. The van der Waals surface area contributed by atoms with E-state index in [2.05, 4.69) is 36.5 Å². The summed E-state index contributed by atoms with van der Waals surface area (Å²) in [7, 11) is 0. The Balaban J connectivity index is 1.36. The van der Waals surface area contributed by atoms with E-state index in [-0.39, 0.29) is 18.1 Å². The third-order valence-corrected chi connectivity index (χ3v) is 4.56. The number of hydrogen-bond acceptors (Lipinski definition) is 7. The van der Waals surface area contributed by atoms with Crippen LogP contribution < -0.4 is 10.6 Å². The van der Waals surface area contributed by atoms with Gasteiger partial charge in [0.1, 0.15) is 0 Å². The van der Waals surface area contributed by atoms with Crippen molar-refractivity contribution in [2.75, 3.05) is 13.1 Å². The quantitative estimate of drug-likeness (QED) is 0.639. The highest BCUT2D eigenvalue weighted by Gasteiger charge is 2.17. The van der Waals surface area contributed by atoms with Gasteiger partial charge in [-0.2, -0.15) is 4.68 Å². The molecule has 3 heterocycles. The number of tetrazole rings is 1. The van der Waals surface area contributed by atoms with Gasteiger partial charge in [-0.3, -0.25) is 9.48 Å². The third-order valence-electron chi connectivity index (χ3n) is 4.56. The number of amides is 1. The van der Waals surface area contributed by atoms with Crippen LogP contribution in [-0.4, -0.2) is 54.2 Å². The van der Waals surface area contributed by atoms with Gasteiger partial charge in [0.05, 0.1) is 18.4 Å². The minimum absolute atomic E-state index is 0.195. The van der Waals surface area contributed by atoms with Crippen LogP contribution in [0.15, 0.2) is 36.5 Å². The van der Waals surface area contributed by atoms with Gasteiger partial charge in [0, 0.05) is 6.54 Å². The van der Waals surface area contributed by atoms with Gasteiger partial charge in [0.2, 0.25) is 0 Å². The van der Waals surface area contributed by atoms with Crippen LogP contribution in [0.2, 0.25) is 0 Å². The second-order valence-corrected chi connectivity index (χ2v) is 6.56. The SMILES string of the molecule is O=C(NCc1nnnn1-c1ccccc1)c1cn(CC2CCCNC2)nn1. The van der Waals surface area contributed by atoms with Crippen LogP contribution in [0.1, 0.15) is 29.2 Å². The van der Waals surface area contributed by atoms with Gasteiger partial charge in [0.15, 0.2) is 11.5 Å². The fraction of sp³-hybridized carbons (Fsp3) is 0.412. The second-order valence-electron chi connectivity index (χ2n) is 6.56. The van der Waals surface area contributed by atoms with Crippen LogP contribution in [0.25, 0.3) is 5.69 Å². The topological polar surface area (TPSA) is 115 Å². The van der Waals surface area contributed by atoms with Gasteiger partial charge in [0.25, 0.3) is 5.91 Å². The molecule has 3 aromatic rings. The Bertz CT molecular complexity index is 883. The molecule has 0 radical (unpaired) electrons. The Morgan fingerprint density at radius 3 is 2.93 bits per heavy atom. The van der Waals surface area contributed by atoms with Crippen molar-refractivity contribution in [3.63, 3.8) is 0 Å². The molecule has 4 rings (SSSR count). The molecule has 10 nitrogen and oxygen atoms in total. The molecule has 1 aromatic carbocycles. The highest BCUT2D eigenvalue weighted by atomic mass is 16.2. The minimum atomic E-state index is -0.300. The van der Waals surface area contributed by atoms with E-state index < -0.39 is 0 Å². The number of rotatable bonds is 6. The Kier molecular flexibility index (Phi) is 5.15. The molecule has 2 N–H and O–H groups in total. The molecule has 1 atom stereocenters. The Labute approximate surface area is 155 Å². The summed E-state index contributed by atoms with van der Waals surface area (Å²) in [4.78, 5) is 12.4. The monoisotopic (exact) mass is 367 g/mol. The van der Waals surface area contributed by atoms with Crippen molar-refractivity contribution in [2.24, 2.45) is 5.92 Å². The number of carbonyl (C=O) groups is 1. The van der Waals surface area contributed by atoms with Crippen molar-refractivity contribution in [3.05, 3.63) is 48.0 Å². The zero-order valence-corrected chi connectivity index (χ0v) is 14.8. The van der Waals surface area contributed by atoms with Crippen LogP contribution in [0, 0.1) is 5.92 Å². The predicted octanol–water partition coefficient (Wildman–Crippen LogP) is 0.183. The number of benzene rings is 1. The molecule has 0 spiro atoms. The van der Waals surface area contributed by atoms with E-state index in [4.69, 9.17) is 0 Å². The highest BCUT2D eigenvalue weighted by Crippen LogP contribution is 2.12. The van der Waals surface area contributed by atoms with Gasteiger partial charge >= 0.3 is 0 Å². The first-order valence-corrected chi connectivity index (χ1v) is 9.01. The minimum Gasteiger partial charge on any atom is -0.343 e. The molecule has 0 bridgehead atoms. The molecule has 0 saturated carbocycles. The molecule has 27 heavy (non-hydrogen) atoms. The van der Waals surface area contributed by atoms with Crippen molar-refractivity contribution in [1.29, 1.82) is 0 Å². The van der Waals surface area contributed by atoms with E-state index in [1.165, 1.54) is 6.42 Å². The lowest BCUT2D eigenvalue weighted by Gasteiger charge is -2.22. The number of aromatic nitrogens is 7. The van der Waals surface area contributed by atoms with E-state index >= 15 is 0 Å². The number of hydrogen-bond donors (Lipinski definition) is 2. The van der Waals surface area contributed by atoms with E-state index in [1.807, 2.05) is 30.3 Å². The van der Waals surface area contributed by atoms with Crippen molar-refractivity contribution in [2.45, 2.75) is 25.9 Å². The van der Waals surface area contributed by atoms with Crippen molar-refractivity contribution in [3.8, 4) is 5.69 Å². The first-order chi connectivity index (χ1) is 13.3. The van der Waals surface area contributed by atoms with Crippen LogP contribution in [0.5, 0.6) is 0 Å². The number of piperidine rings is 1. The standard InChI is InChI=1S/C17H21N9O/c27-17(15-12-25(23-20-15)11-13-5-4-8-18-9-13)19-10-16-21-22-24-26(16)14-6-2-1-3-7-14/h1-3,6-7,12-13,18H,4-5,8-11H2,(H,19,27). The number of nitrogens with one attached hydrogen (secondary N) is 2. The summed E-state index contributed by atoms with van der Waals surface area (Å²) in [5.41, 5.74) is 1.12. The second kappa shape index (κ2) is 8.04. The molecule has 1 aliphatic rings. The van der Waals surface area contributed by atoms with Gasteiger partial charge in [-0.15, -0.1) is 10.2 Å². The lowest BCUT2D eigenvalue weighted by molar-refractivity contribution is 0.0944. The van der Waals surface area contributed by atoms with Crippen molar-refractivity contribution >= 4 is 5.91 Å². The van der Waals surface area contributed by atoms with Crippen LogP contribution in [0.4, 0.5) is 0 Å². The lowest BCUT2D eigenvalue weighted by Crippen LogP contribution is -2.32. The van der Waals surface area contributed by atoms with E-state index in [0.29, 0.717) is 11.7 Å². The highest BCUT2D eigenvalue weighted by molar-refractivity contribution is 5.91. The molecule has 0 aliphatic carbocycles. The zero-order chi connectivity index (χ0) is 18.5. The van der Waals surface area contributed by atoms with Crippen molar-refractivity contribution in [1.82, 2.24) is 45.8 Å². The average molecular weight is 367 g/mol. The molecule has 1 fully saturated rings. The fourth-order valence-corrected chi connectivity index (χ4v) is 3.17. The third kappa shape index (κ3) is 4.17. The summed E-state index contributed by atoms with van der Waals surface area (Å²) in [6.07, 6.45) is 4.02. The molecule has 1 amide bonds. The van der Waals surface area contributed by atoms with Crippen LogP contribution >= 0.6 is 0 Å². The number of para-hydroxylation sites is 1. The largest absolute Gasteiger partial charge is 0.343 e. The summed E-state index contributed by atoms with van der Waals surface area (Å²) in [6, 6.07) is 9.52. The Morgan fingerprint density at radius 1 is 1.22 bits per heavy atom. The summed E-state index contributed by atoms with van der Waals surface area (Å²) in [6.45, 7) is 3.01. The van der Waals surface area contributed by atoms with Gasteiger partial charge in [-0.1, -0.05) is 23.4 Å². The maximum absolute atomic E-state index is 12.4. The molecule has 2 aromatic heterocycles. The van der Waals surface area contributed by atoms with E-state index in [1.54, 1.807) is 15.6 Å². The predicted molar refractivity (Wildman–Crippen MR) is 95.9 cm³/mol. The summed E-state index contributed by atoms with van der Waals surface area (Å²) < 4.78 is 3.33. The maximum atomic E-state index is 12.4. The van der Waals surface area contributed by atoms with Gasteiger partial charge in [-0.25, -0.2) is 0 Å². The van der Waals surface area contributed by atoms with E-state index in [9.17, 15) is 4.79 Å².